The van der Waals surface area contributed by atoms with E-state index in [1.165, 1.54) is 6.07 Å². The van der Waals surface area contributed by atoms with Crippen molar-refractivity contribution in [2.24, 2.45) is 5.92 Å². The molecule has 114 valence electrons. The summed E-state index contributed by atoms with van der Waals surface area (Å²) in [6.07, 6.45) is 11.8. The van der Waals surface area contributed by atoms with Crippen LogP contribution in [0.5, 0.6) is 0 Å². The Labute approximate surface area is 130 Å². The monoisotopic (exact) mass is 297 g/mol. The number of aromatic nitrogens is 2. The molecule has 1 fully saturated rings. The molecule has 0 aliphatic carbocycles. The first kappa shape index (κ1) is 14.9. The van der Waals surface area contributed by atoms with Crippen LogP contribution >= 0.6 is 0 Å². The predicted octanol–water partition coefficient (Wildman–Crippen LogP) is 3.54. The molecule has 1 aliphatic rings. The van der Waals surface area contributed by atoms with E-state index in [1.807, 2.05) is 18.3 Å². The summed E-state index contributed by atoms with van der Waals surface area (Å²) in [6, 6.07) is 6.73. The van der Waals surface area contributed by atoms with Crippen molar-refractivity contribution in [2.45, 2.75) is 19.4 Å². The minimum atomic E-state index is -0.180. The summed E-state index contributed by atoms with van der Waals surface area (Å²) < 4.78 is 13.1. The van der Waals surface area contributed by atoms with Gasteiger partial charge in [-0.1, -0.05) is 24.3 Å². The summed E-state index contributed by atoms with van der Waals surface area (Å²) in [5.41, 5.74) is 1.96. The standard InChI is InChI=1S/C18H20FN3/c19-17-3-1-2-16(12-17)5-4-15-6-10-22(11-7-15)14-18-13-20-8-9-21-18/h1-5,8-9,12-13,15H,6-7,10-11,14H2. The summed E-state index contributed by atoms with van der Waals surface area (Å²) in [5, 5.41) is 0. The van der Waals surface area contributed by atoms with Crippen LogP contribution in [0.1, 0.15) is 24.1 Å². The number of rotatable bonds is 4. The summed E-state index contributed by atoms with van der Waals surface area (Å²) in [7, 11) is 0. The molecule has 3 nitrogen and oxygen atoms in total. The largest absolute Gasteiger partial charge is 0.297 e. The topological polar surface area (TPSA) is 29.0 Å². The van der Waals surface area contributed by atoms with E-state index in [9.17, 15) is 4.39 Å². The van der Waals surface area contributed by atoms with Crippen LogP contribution in [0.25, 0.3) is 6.08 Å². The number of benzene rings is 1. The van der Waals surface area contributed by atoms with Crippen molar-refractivity contribution in [2.75, 3.05) is 13.1 Å². The second-order valence-corrected chi connectivity index (χ2v) is 5.72. The Hall–Kier alpha value is -2.07. The van der Waals surface area contributed by atoms with Gasteiger partial charge in [-0.05, 0) is 49.5 Å². The Morgan fingerprint density at radius 3 is 2.82 bits per heavy atom. The van der Waals surface area contributed by atoms with E-state index < -0.39 is 0 Å². The molecule has 0 spiro atoms. The Kier molecular flexibility index (Phi) is 4.91. The van der Waals surface area contributed by atoms with E-state index in [4.69, 9.17) is 0 Å². The zero-order chi connectivity index (χ0) is 15.2. The number of halogens is 1. The molecule has 1 aromatic carbocycles. The van der Waals surface area contributed by atoms with Crippen LogP contribution in [0.2, 0.25) is 0 Å². The van der Waals surface area contributed by atoms with Crippen molar-refractivity contribution >= 4 is 6.08 Å². The Balaban J connectivity index is 1.49. The molecule has 4 heteroatoms. The second-order valence-electron chi connectivity index (χ2n) is 5.72. The average molecular weight is 297 g/mol. The molecule has 0 amide bonds. The third kappa shape index (κ3) is 4.21. The first-order valence-corrected chi connectivity index (χ1v) is 7.70. The lowest BCUT2D eigenvalue weighted by Crippen LogP contribution is -2.32. The van der Waals surface area contributed by atoms with Crippen LogP contribution in [0.15, 0.2) is 48.9 Å². The van der Waals surface area contributed by atoms with Crippen molar-refractivity contribution in [3.8, 4) is 0 Å². The fraction of sp³-hybridized carbons (Fsp3) is 0.333. The maximum absolute atomic E-state index is 13.1. The Morgan fingerprint density at radius 2 is 2.09 bits per heavy atom. The van der Waals surface area contributed by atoms with Crippen molar-refractivity contribution in [1.29, 1.82) is 0 Å². The van der Waals surface area contributed by atoms with Crippen molar-refractivity contribution in [3.05, 3.63) is 66.0 Å². The summed E-state index contributed by atoms with van der Waals surface area (Å²) in [4.78, 5) is 10.8. The van der Waals surface area contributed by atoms with E-state index >= 15 is 0 Å². The maximum Gasteiger partial charge on any atom is 0.123 e. The van der Waals surface area contributed by atoms with Gasteiger partial charge in [0.25, 0.3) is 0 Å². The van der Waals surface area contributed by atoms with Gasteiger partial charge >= 0.3 is 0 Å². The molecule has 0 atom stereocenters. The van der Waals surface area contributed by atoms with Crippen LogP contribution in [-0.4, -0.2) is 28.0 Å². The van der Waals surface area contributed by atoms with Gasteiger partial charge in [-0.25, -0.2) is 4.39 Å². The minimum Gasteiger partial charge on any atom is -0.297 e. The van der Waals surface area contributed by atoms with Gasteiger partial charge in [0.2, 0.25) is 0 Å². The highest BCUT2D eigenvalue weighted by Crippen LogP contribution is 2.20. The van der Waals surface area contributed by atoms with E-state index in [1.54, 1.807) is 24.5 Å². The zero-order valence-electron chi connectivity index (χ0n) is 12.5. The van der Waals surface area contributed by atoms with Gasteiger partial charge in [0.1, 0.15) is 5.82 Å². The van der Waals surface area contributed by atoms with Crippen molar-refractivity contribution in [1.82, 2.24) is 14.9 Å². The number of likely N-dealkylation sites (tertiary alicyclic amines) is 1. The fourth-order valence-electron chi connectivity index (χ4n) is 2.80. The van der Waals surface area contributed by atoms with E-state index in [0.717, 1.165) is 43.7 Å². The SMILES string of the molecule is Fc1cccc(C=CC2CCN(Cc3cnccn3)CC2)c1. The van der Waals surface area contributed by atoms with E-state index in [2.05, 4.69) is 20.9 Å². The number of nitrogens with zero attached hydrogens (tertiary/aromatic N) is 3. The highest BCUT2D eigenvalue weighted by atomic mass is 19.1. The normalized spacial score (nSPS) is 17.1. The van der Waals surface area contributed by atoms with Gasteiger partial charge in [-0.2, -0.15) is 0 Å². The molecule has 0 N–H and O–H groups in total. The Morgan fingerprint density at radius 1 is 1.23 bits per heavy atom. The van der Waals surface area contributed by atoms with Gasteiger partial charge in [0.15, 0.2) is 0 Å². The first-order chi connectivity index (χ1) is 10.8. The second kappa shape index (κ2) is 7.27. The van der Waals surface area contributed by atoms with Gasteiger partial charge in [0.05, 0.1) is 5.69 Å². The van der Waals surface area contributed by atoms with Crippen LogP contribution in [0, 0.1) is 11.7 Å². The van der Waals surface area contributed by atoms with Crippen molar-refractivity contribution < 1.29 is 4.39 Å². The smallest absolute Gasteiger partial charge is 0.123 e. The van der Waals surface area contributed by atoms with Gasteiger partial charge < -0.3 is 0 Å². The lowest BCUT2D eigenvalue weighted by molar-refractivity contribution is 0.194. The van der Waals surface area contributed by atoms with Crippen LogP contribution in [0.4, 0.5) is 4.39 Å². The molecule has 3 rings (SSSR count). The maximum atomic E-state index is 13.1. The van der Waals surface area contributed by atoms with Crippen LogP contribution in [-0.2, 0) is 6.54 Å². The minimum absolute atomic E-state index is 0.180. The molecular formula is C18H20FN3. The summed E-state index contributed by atoms with van der Waals surface area (Å²) in [5.74, 6) is 0.391. The van der Waals surface area contributed by atoms with Crippen LogP contribution < -0.4 is 0 Å². The number of piperidine rings is 1. The number of hydrogen-bond donors (Lipinski definition) is 0. The first-order valence-electron chi connectivity index (χ1n) is 7.70. The molecule has 0 unspecified atom stereocenters. The van der Waals surface area contributed by atoms with Crippen molar-refractivity contribution in [3.63, 3.8) is 0 Å². The van der Waals surface area contributed by atoms with Gasteiger partial charge in [0, 0.05) is 25.1 Å². The van der Waals surface area contributed by atoms with Gasteiger partial charge in [-0.3, -0.25) is 14.9 Å². The summed E-state index contributed by atoms with van der Waals surface area (Å²) >= 11 is 0. The molecule has 22 heavy (non-hydrogen) atoms. The molecule has 1 aromatic heterocycles. The summed E-state index contributed by atoms with van der Waals surface area (Å²) in [6.45, 7) is 3.00. The molecular weight excluding hydrogens is 277 g/mol. The van der Waals surface area contributed by atoms with E-state index in [-0.39, 0.29) is 5.82 Å². The molecule has 0 saturated carbocycles. The van der Waals surface area contributed by atoms with Crippen LogP contribution in [0.3, 0.4) is 0 Å². The third-order valence-electron chi connectivity index (χ3n) is 4.04. The van der Waals surface area contributed by atoms with Gasteiger partial charge in [-0.15, -0.1) is 0 Å². The molecule has 1 saturated heterocycles. The number of allylic oxidation sites excluding steroid dienone is 1. The highest BCUT2D eigenvalue weighted by molar-refractivity contribution is 5.49. The molecule has 2 aromatic rings. The predicted molar refractivity (Wildman–Crippen MR) is 85.5 cm³/mol. The lowest BCUT2D eigenvalue weighted by atomic mass is 9.95. The lowest BCUT2D eigenvalue weighted by Gasteiger charge is -2.30. The molecule has 1 aliphatic heterocycles. The molecule has 0 radical (unpaired) electrons. The zero-order valence-corrected chi connectivity index (χ0v) is 12.5. The highest BCUT2D eigenvalue weighted by Gasteiger charge is 2.17. The average Bonchev–Trinajstić information content (AvgIpc) is 2.55. The third-order valence-corrected chi connectivity index (χ3v) is 4.04. The fourth-order valence-corrected chi connectivity index (χ4v) is 2.80. The number of hydrogen-bond acceptors (Lipinski definition) is 3. The van der Waals surface area contributed by atoms with E-state index in [0.29, 0.717) is 5.92 Å². The molecule has 2 heterocycles. The molecule has 0 bridgehead atoms. The quantitative estimate of drug-likeness (QED) is 0.864. The Bertz CT molecular complexity index is 619.